The fourth-order valence-corrected chi connectivity index (χ4v) is 1.19. The minimum Gasteiger partial charge on any atom is -0.478 e. The van der Waals surface area contributed by atoms with Gasteiger partial charge >= 0.3 is 11.9 Å². The van der Waals surface area contributed by atoms with Crippen LogP contribution in [0.1, 0.15) is 20.3 Å². The molecule has 0 rings (SSSR count). The zero-order valence-electron chi connectivity index (χ0n) is 8.10. The van der Waals surface area contributed by atoms with E-state index in [0.717, 1.165) is 0 Å². The molecule has 0 saturated heterocycles. The molecule has 0 fully saturated rings. The Morgan fingerprint density at radius 3 is 2.07 bits per heavy atom. The Bertz CT molecular complexity index is 254. The molecule has 0 aromatic rings. The highest BCUT2D eigenvalue weighted by molar-refractivity contribution is 5.94. The topological polar surface area (TPSA) is 94.8 Å². The summed E-state index contributed by atoms with van der Waals surface area (Å²) in [5.41, 5.74) is -0.196. The third-order valence-corrected chi connectivity index (χ3v) is 1.75. The molecule has 0 bridgehead atoms. The number of hydrogen-bond acceptors (Lipinski definition) is 3. The summed E-state index contributed by atoms with van der Waals surface area (Å²) >= 11 is 0. The van der Waals surface area contributed by atoms with Crippen molar-refractivity contribution in [1.29, 1.82) is 0 Å². The van der Waals surface area contributed by atoms with Crippen LogP contribution >= 0.6 is 0 Å². The van der Waals surface area contributed by atoms with E-state index < -0.39 is 24.0 Å². The Morgan fingerprint density at radius 1 is 1.29 bits per heavy atom. The molecule has 0 aliphatic carbocycles. The monoisotopic (exact) mass is 202 g/mol. The third-order valence-electron chi connectivity index (χ3n) is 1.75. The van der Waals surface area contributed by atoms with Crippen LogP contribution < -0.4 is 0 Å². The third kappa shape index (κ3) is 4.61. The van der Waals surface area contributed by atoms with Crippen molar-refractivity contribution in [3.8, 4) is 0 Å². The molecule has 80 valence electrons. The summed E-state index contributed by atoms with van der Waals surface area (Å²) in [6.45, 7) is 3.09. The predicted octanol–water partition coefficient (Wildman–Crippen LogP) is 0.489. The van der Waals surface area contributed by atoms with Gasteiger partial charge in [-0.25, -0.2) is 9.59 Å². The van der Waals surface area contributed by atoms with E-state index in [0.29, 0.717) is 6.08 Å². The second-order valence-corrected chi connectivity index (χ2v) is 3.23. The molecule has 3 N–H and O–H groups in total. The lowest BCUT2D eigenvalue weighted by atomic mass is 9.95. The van der Waals surface area contributed by atoms with E-state index in [4.69, 9.17) is 15.3 Å². The molecule has 0 aliphatic rings. The largest absolute Gasteiger partial charge is 0.478 e. The minimum absolute atomic E-state index is 0.196. The Hall–Kier alpha value is -1.36. The van der Waals surface area contributed by atoms with Crippen LogP contribution in [0.3, 0.4) is 0 Å². The summed E-state index contributed by atoms with van der Waals surface area (Å²) in [5.74, 6) is -3.04. The van der Waals surface area contributed by atoms with Crippen molar-refractivity contribution in [3.05, 3.63) is 11.6 Å². The van der Waals surface area contributed by atoms with Gasteiger partial charge in [0.2, 0.25) is 0 Å². The van der Waals surface area contributed by atoms with Gasteiger partial charge in [0.15, 0.2) is 0 Å². The zero-order valence-corrected chi connectivity index (χ0v) is 8.10. The van der Waals surface area contributed by atoms with Crippen LogP contribution in [0.2, 0.25) is 0 Å². The number of aliphatic carboxylic acids is 2. The highest BCUT2D eigenvalue weighted by atomic mass is 16.4. The number of carboxylic acids is 2. The van der Waals surface area contributed by atoms with Crippen LogP contribution in [-0.4, -0.2) is 33.4 Å². The molecule has 0 aliphatic heterocycles. The van der Waals surface area contributed by atoms with Crippen molar-refractivity contribution in [2.45, 2.75) is 26.4 Å². The van der Waals surface area contributed by atoms with Gasteiger partial charge in [-0.1, -0.05) is 6.92 Å². The quantitative estimate of drug-likeness (QED) is 0.564. The highest BCUT2D eigenvalue weighted by Crippen LogP contribution is 2.16. The van der Waals surface area contributed by atoms with Crippen LogP contribution in [0.5, 0.6) is 0 Å². The van der Waals surface area contributed by atoms with Crippen LogP contribution in [0.25, 0.3) is 0 Å². The standard InChI is InChI=1S/C9H14O5/c1-5(3-6(2)10)7(9(13)14)4-8(11)12/h4-6,10H,3H2,1-2H3,(H,11,12)(H,13,14). The molecule has 0 spiro atoms. The Balaban J connectivity index is 4.66. The van der Waals surface area contributed by atoms with Crippen LogP contribution in [0.4, 0.5) is 0 Å². The van der Waals surface area contributed by atoms with Gasteiger partial charge in [-0.3, -0.25) is 0 Å². The van der Waals surface area contributed by atoms with Gasteiger partial charge in [-0.2, -0.15) is 0 Å². The lowest BCUT2D eigenvalue weighted by Gasteiger charge is -2.13. The van der Waals surface area contributed by atoms with Gasteiger partial charge in [-0.05, 0) is 19.3 Å². The first-order chi connectivity index (χ1) is 6.34. The SMILES string of the molecule is CC(O)CC(C)C(=CC(=O)O)C(=O)O. The average molecular weight is 202 g/mol. The van der Waals surface area contributed by atoms with E-state index in [-0.39, 0.29) is 12.0 Å². The maximum atomic E-state index is 10.6. The zero-order chi connectivity index (χ0) is 11.3. The van der Waals surface area contributed by atoms with Crippen molar-refractivity contribution in [2.24, 2.45) is 5.92 Å². The molecule has 2 unspecified atom stereocenters. The van der Waals surface area contributed by atoms with E-state index in [1.165, 1.54) is 6.92 Å². The summed E-state index contributed by atoms with van der Waals surface area (Å²) in [5, 5.41) is 26.1. The fraction of sp³-hybridized carbons (Fsp3) is 0.556. The first-order valence-electron chi connectivity index (χ1n) is 4.20. The normalized spacial score (nSPS) is 16.1. The smallest absolute Gasteiger partial charge is 0.332 e. The van der Waals surface area contributed by atoms with E-state index >= 15 is 0 Å². The van der Waals surface area contributed by atoms with E-state index in [2.05, 4.69) is 0 Å². The van der Waals surface area contributed by atoms with Gasteiger partial charge in [0.1, 0.15) is 0 Å². The van der Waals surface area contributed by atoms with E-state index in [1.807, 2.05) is 0 Å². The number of carbonyl (C=O) groups is 2. The van der Waals surface area contributed by atoms with Gasteiger partial charge in [0.05, 0.1) is 6.10 Å². The lowest BCUT2D eigenvalue weighted by molar-refractivity contribution is -0.135. The summed E-state index contributed by atoms with van der Waals surface area (Å²) in [6, 6.07) is 0. The second-order valence-electron chi connectivity index (χ2n) is 3.23. The molecule has 2 atom stereocenters. The molecule has 0 saturated carbocycles. The molecule has 0 radical (unpaired) electrons. The first-order valence-corrected chi connectivity index (χ1v) is 4.20. The van der Waals surface area contributed by atoms with Crippen molar-refractivity contribution >= 4 is 11.9 Å². The summed E-state index contributed by atoms with van der Waals surface area (Å²) in [6.07, 6.45) is 0.238. The number of aliphatic hydroxyl groups excluding tert-OH is 1. The number of rotatable bonds is 5. The molecule has 5 heteroatoms. The van der Waals surface area contributed by atoms with Gasteiger partial charge in [0, 0.05) is 11.6 Å². The first kappa shape index (κ1) is 12.6. The molecular weight excluding hydrogens is 188 g/mol. The summed E-state index contributed by atoms with van der Waals surface area (Å²) in [7, 11) is 0. The number of aliphatic hydroxyl groups is 1. The van der Waals surface area contributed by atoms with Crippen molar-refractivity contribution < 1.29 is 24.9 Å². The molecular formula is C9H14O5. The number of hydrogen-bond donors (Lipinski definition) is 3. The lowest BCUT2D eigenvalue weighted by Crippen LogP contribution is -2.16. The fourth-order valence-electron chi connectivity index (χ4n) is 1.19. The summed E-state index contributed by atoms with van der Waals surface area (Å²) in [4.78, 5) is 20.9. The highest BCUT2D eigenvalue weighted by Gasteiger charge is 2.18. The maximum Gasteiger partial charge on any atom is 0.332 e. The predicted molar refractivity (Wildman–Crippen MR) is 48.8 cm³/mol. The second kappa shape index (κ2) is 5.39. The maximum absolute atomic E-state index is 10.6. The Morgan fingerprint density at radius 2 is 1.79 bits per heavy atom. The van der Waals surface area contributed by atoms with Crippen LogP contribution in [0, 0.1) is 5.92 Å². The van der Waals surface area contributed by atoms with Crippen LogP contribution in [-0.2, 0) is 9.59 Å². The van der Waals surface area contributed by atoms with Crippen molar-refractivity contribution in [3.63, 3.8) is 0 Å². The van der Waals surface area contributed by atoms with E-state index in [1.54, 1.807) is 6.92 Å². The van der Waals surface area contributed by atoms with Crippen molar-refractivity contribution in [2.75, 3.05) is 0 Å². The van der Waals surface area contributed by atoms with E-state index in [9.17, 15) is 9.59 Å². The average Bonchev–Trinajstić information content (AvgIpc) is 1.97. The van der Waals surface area contributed by atoms with Crippen LogP contribution in [0.15, 0.2) is 11.6 Å². The van der Waals surface area contributed by atoms with Gasteiger partial charge < -0.3 is 15.3 Å². The molecule has 0 aromatic heterocycles. The minimum atomic E-state index is -1.29. The van der Waals surface area contributed by atoms with Gasteiger partial charge in [-0.15, -0.1) is 0 Å². The molecule has 14 heavy (non-hydrogen) atoms. The Labute approximate surface area is 81.7 Å². The summed E-state index contributed by atoms with van der Waals surface area (Å²) < 4.78 is 0. The molecule has 0 amide bonds. The van der Waals surface area contributed by atoms with Crippen molar-refractivity contribution in [1.82, 2.24) is 0 Å². The molecule has 0 aromatic carbocycles. The number of carboxylic acid groups (broad SMARTS) is 2. The Kier molecular flexibility index (Phi) is 4.86. The van der Waals surface area contributed by atoms with Gasteiger partial charge in [0.25, 0.3) is 0 Å². The molecule has 5 nitrogen and oxygen atoms in total. The molecule has 0 heterocycles.